The SMILES string of the molecule is Cc1ccc(NC(=O)c2ccc(Cn3cncn3)cc2)c(O)c1. The highest BCUT2D eigenvalue weighted by atomic mass is 16.3. The van der Waals surface area contributed by atoms with Crippen LogP contribution in [0.1, 0.15) is 21.5 Å². The molecule has 2 aromatic carbocycles. The molecule has 0 fully saturated rings. The summed E-state index contributed by atoms with van der Waals surface area (Å²) < 4.78 is 1.71. The van der Waals surface area contributed by atoms with Crippen LogP contribution in [-0.2, 0) is 6.54 Å². The minimum atomic E-state index is -0.267. The zero-order valence-corrected chi connectivity index (χ0v) is 12.6. The molecule has 0 unspecified atom stereocenters. The van der Waals surface area contributed by atoms with Crippen LogP contribution in [0.4, 0.5) is 5.69 Å². The first-order valence-electron chi connectivity index (χ1n) is 7.14. The largest absolute Gasteiger partial charge is 0.506 e. The Balaban J connectivity index is 1.70. The van der Waals surface area contributed by atoms with Crippen molar-refractivity contribution in [2.24, 2.45) is 0 Å². The van der Waals surface area contributed by atoms with E-state index in [-0.39, 0.29) is 11.7 Å². The summed E-state index contributed by atoms with van der Waals surface area (Å²) in [5.74, 6) is -0.211. The molecule has 1 heterocycles. The molecule has 0 radical (unpaired) electrons. The highest BCUT2D eigenvalue weighted by molar-refractivity contribution is 6.05. The average molecular weight is 308 g/mol. The van der Waals surface area contributed by atoms with E-state index in [0.29, 0.717) is 17.8 Å². The van der Waals surface area contributed by atoms with E-state index in [1.54, 1.807) is 35.3 Å². The number of aryl methyl sites for hydroxylation is 1. The number of phenols is 1. The van der Waals surface area contributed by atoms with Gasteiger partial charge in [0.15, 0.2) is 0 Å². The minimum Gasteiger partial charge on any atom is -0.506 e. The van der Waals surface area contributed by atoms with E-state index in [4.69, 9.17) is 0 Å². The van der Waals surface area contributed by atoms with Gasteiger partial charge in [-0.2, -0.15) is 5.10 Å². The van der Waals surface area contributed by atoms with Gasteiger partial charge in [-0.1, -0.05) is 18.2 Å². The molecule has 1 amide bonds. The number of amides is 1. The van der Waals surface area contributed by atoms with Crippen LogP contribution in [0.5, 0.6) is 5.75 Å². The third-order valence-corrected chi connectivity index (χ3v) is 3.43. The van der Waals surface area contributed by atoms with Gasteiger partial charge in [0.2, 0.25) is 0 Å². The molecule has 6 nitrogen and oxygen atoms in total. The van der Waals surface area contributed by atoms with Crippen LogP contribution < -0.4 is 5.32 Å². The molecule has 2 N–H and O–H groups in total. The second-order valence-electron chi connectivity index (χ2n) is 5.26. The van der Waals surface area contributed by atoms with E-state index in [1.807, 2.05) is 25.1 Å². The standard InChI is InChI=1S/C17H16N4O2/c1-12-2-7-15(16(22)8-12)20-17(23)14-5-3-13(4-6-14)9-21-11-18-10-19-21/h2-8,10-11,22H,9H2,1H3,(H,20,23). The third kappa shape index (κ3) is 3.55. The maximum atomic E-state index is 12.2. The number of aromatic nitrogens is 3. The first-order valence-corrected chi connectivity index (χ1v) is 7.14. The molecule has 0 saturated heterocycles. The Bertz CT molecular complexity index is 811. The van der Waals surface area contributed by atoms with Gasteiger partial charge in [0.25, 0.3) is 5.91 Å². The summed E-state index contributed by atoms with van der Waals surface area (Å²) in [6.07, 6.45) is 3.12. The van der Waals surface area contributed by atoms with E-state index in [1.165, 1.54) is 6.33 Å². The summed E-state index contributed by atoms with van der Waals surface area (Å²) in [5.41, 5.74) is 2.86. The molecule has 0 spiro atoms. The Labute approximate surface area is 133 Å². The Morgan fingerprint density at radius 1 is 1.22 bits per heavy atom. The van der Waals surface area contributed by atoms with E-state index in [2.05, 4.69) is 15.4 Å². The summed E-state index contributed by atoms with van der Waals surface area (Å²) in [6.45, 7) is 2.47. The van der Waals surface area contributed by atoms with Crippen molar-refractivity contribution in [1.29, 1.82) is 0 Å². The zero-order chi connectivity index (χ0) is 16.2. The first-order chi connectivity index (χ1) is 11.1. The fourth-order valence-corrected chi connectivity index (χ4v) is 2.20. The van der Waals surface area contributed by atoms with Crippen molar-refractivity contribution < 1.29 is 9.90 Å². The molecular weight excluding hydrogens is 292 g/mol. The summed E-state index contributed by atoms with van der Waals surface area (Å²) in [7, 11) is 0. The number of benzene rings is 2. The lowest BCUT2D eigenvalue weighted by Gasteiger charge is -2.08. The van der Waals surface area contributed by atoms with Crippen LogP contribution in [0.2, 0.25) is 0 Å². The average Bonchev–Trinajstić information content (AvgIpc) is 3.04. The van der Waals surface area contributed by atoms with Crippen molar-refractivity contribution in [3.8, 4) is 5.75 Å². The smallest absolute Gasteiger partial charge is 0.255 e. The molecular formula is C17H16N4O2. The molecule has 6 heteroatoms. The van der Waals surface area contributed by atoms with E-state index >= 15 is 0 Å². The number of aromatic hydroxyl groups is 1. The van der Waals surface area contributed by atoms with Crippen LogP contribution in [0, 0.1) is 6.92 Å². The number of nitrogens with zero attached hydrogens (tertiary/aromatic N) is 3. The van der Waals surface area contributed by atoms with Crippen LogP contribution in [0.3, 0.4) is 0 Å². The molecule has 0 bridgehead atoms. The van der Waals surface area contributed by atoms with Crippen LogP contribution in [0.25, 0.3) is 0 Å². The summed E-state index contributed by atoms with van der Waals surface area (Å²) in [6, 6.07) is 12.3. The highest BCUT2D eigenvalue weighted by Crippen LogP contribution is 2.24. The van der Waals surface area contributed by atoms with E-state index < -0.39 is 0 Å². The summed E-state index contributed by atoms with van der Waals surface area (Å²) in [5, 5.41) is 16.6. The molecule has 3 aromatic rings. The van der Waals surface area contributed by atoms with Crippen LogP contribution in [0.15, 0.2) is 55.1 Å². The third-order valence-electron chi connectivity index (χ3n) is 3.43. The quantitative estimate of drug-likeness (QED) is 0.726. The van der Waals surface area contributed by atoms with Crippen molar-refractivity contribution >= 4 is 11.6 Å². The maximum absolute atomic E-state index is 12.2. The van der Waals surface area contributed by atoms with E-state index in [9.17, 15) is 9.90 Å². The fourth-order valence-electron chi connectivity index (χ4n) is 2.20. The van der Waals surface area contributed by atoms with Crippen molar-refractivity contribution in [1.82, 2.24) is 14.8 Å². The number of anilines is 1. The second-order valence-corrected chi connectivity index (χ2v) is 5.26. The lowest BCUT2D eigenvalue weighted by molar-refractivity contribution is 0.102. The molecule has 0 aliphatic carbocycles. The number of rotatable bonds is 4. The van der Waals surface area contributed by atoms with Crippen molar-refractivity contribution in [3.63, 3.8) is 0 Å². The van der Waals surface area contributed by atoms with Crippen molar-refractivity contribution in [2.45, 2.75) is 13.5 Å². The maximum Gasteiger partial charge on any atom is 0.255 e. The highest BCUT2D eigenvalue weighted by Gasteiger charge is 2.09. The van der Waals surface area contributed by atoms with E-state index in [0.717, 1.165) is 11.1 Å². The van der Waals surface area contributed by atoms with Gasteiger partial charge in [0, 0.05) is 5.56 Å². The molecule has 1 aromatic heterocycles. The topological polar surface area (TPSA) is 80.0 Å². The number of nitrogens with one attached hydrogen (secondary N) is 1. The van der Waals surface area contributed by atoms with Gasteiger partial charge in [0.05, 0.1) is 12.2 Å². The predicted octanol–water partition coefficient (Wildman–Crippen LogP) is 2.59. The van der Waals surface area contributed by atoms with Gasteiger partial charge in [-0.25, -0.2) is 9.67 Å². The number of carbonyl (C=O) groups excluding carboxylic acids is 1. The van der Waals surface area contributed by atoms with Gasteiger partial charge >= 0.3 is 0 Å². The Morgan fingerprint density at radius 3 is 2.65 bits per heavy atom. The van der Waals surface area contributed by atoms with Gasteiger partial charge in [-0.3, -0.25) is 4.79 Å². The molecule has 0 atom stereocenters. The number of phenolic OH excluding ortho intramolecular Hbond substituents is 1. The second kappa shape index (κ2) is 6.31. The molecule has 116 valence electrons. The first kappa shape index (κ1) is 14.8. The zero-order valence-electron chi connectivity index (χ0n) is 12.6. The van der Waals surface area contributed by atoms with Gasteiger partial charge in [0.1, 0.15) is 18.4 Å². The number of hydrogen-bond acceptors (Lipinski definition) is 4. The summed E-state index contributed by atoms with van der Waals surface area (Å²) in [4.78, 5) is 16.1. The molecule has 23 heavy (non-hydrogen) atoms. The van der Waals surface area contributed by atoms with Crippen LogP contribution >= 0.6 is 0 Å². The molecule has 3 rings (SSSR count). The van der Waals surface area contributed by atoms with Crippen molar-refractivity contribution in [3.05, 3.63) is 71.8 Å². The number of hydrogen-bond donors (Lipinski definition) is 2. The molecule has 0 aliphatic rings. The van der Waals surface area contributed by atoms with Gasteiger partial charge in [-0.05, 0) is 42.3 Å². The molecule has 0 aliphatic heterocycles. The van der Waals surface area contributed by atoms with Gasteiger partial charge < -0.3 is 10.4 Å². The van der Waals surface area contributed by atoms with Crippen molar-refractivity contribution in [2.75, 3.05) is 5.32 Å². The van der Waals surface area contributed by atoms with Crippen LogP contribution in [-0.4, -0.2) is 25.8 Å². The lowest BCUT2D eigenvalue weighted by Crippen LogP contribution is -2.12. The monoisotopic (exact) mass is 308 g/mol. The summed E-state index contributed by atoms with van der Waals surface area (Å²) >= 11 is 0. The molecule has 0 saturated carbocycles. The normalized spacial score (nSPS) is 10.5. The Hall–Kier alpha value is -3.15. The van der Waals surface area contributed by atoms with Gasteiger partial charge in [-0.15, -0.1) is 0 Å². The Morgan fingerprint density at radius 2 is 2.00 bits per heavy atom. The predicted molar refractivity (Wildman–Crippen MR) is 86.4 cm³/mol. The lowest BCUT2D eigenvalue weighted by atomic mass is 10.1. The number of carbonyl (C=O) groups is 1. The minimum absolute atomic E-state index is 0.0566. The Kier molecular flexibility index (Phi) is 4.05. The fraction of sp³-hybridized carbons (Fsp3) is 0.118.